The normalized spacial score (nSPS) is 13.8. The van der Waals surface area contributed by atoms with E-state index in [0.29, 0.717) is 30.4 Å². The lowest BCUT2D eigenvalue weighted by Gasteiger charge is -2.18. The lowest BCUT2D eigenvalue weighted by molar-refractivity contribution is -0.137. The molecule has 10 heteroatoms. The number of hydrazone groups is 1. The fourth-order valence-corrected chi connectivity index (χ4v) is 2.74. The van der Waals surface area contributed by atoms with Crippen LogP contribution >= 0.6 is 23.8 Å². The minimum absolute atomic E-state index is 0.00174. The van der Waals surface area contributed by atoms with Crippen LogP contribution in [0.2, 0.25) is 5.02 Å². The third kappa shape index (κ3) is 4.85. The van der Waals surface area contributed by atoms with Gasteiger partial charge >= 0.3 is 6.18 Å². The van der Waals surface area contributed by atoms with E-state index in [1.165, 1.54) is 0 Å². The number of alkyl halides is 3. The molecule has 1 heterocycles. The summed E-state index contributed by atoms with van der Waals surface area (Å²) in [6, 6.07) is 8.31. The quantitative estimate of drug-likeness (QED) is 0.415. The van der Waals surface area contributed by atoms with E-state index in [1.807, 2.05) is 6.07 Å². The van der Waals surface area contributed by atoms with Gasteiger partial charge in [-0.3, -0.25) is 5.43 Å². The molecule has 0 fully saturated rings. The van der Waals surface area contributed by atoms with Gasteiger partial charge in [0.25, 0.3) is 0 Å². The third-order valence-electron chi connectivity index (χ3n) is 3.83. The van der Waals surface area contributed by atoms with E-state index < -0.39 is 11.7 Å². The molecule has 148 valence electrons. The monoisotopic (exact) mass is 429 g/mol. The summed E-state index contributed by atoms with van der Waals surface area (Å²) in [6.07, 6.45) is -4.48. The number of hydrogen-bond acceptors (Lipinski definition) is 4. The Morgan fingerprint density at radius 3 is 2.54 bits per heavy atom. The second kappa shape index (κ2) is 8.24. The van der Waals surface area contributed by atoms with Gasteiger partial charge in [0.15, 0.2) is 16.6 Å². The summed E-state index contributed by atoms with van der Waals surface area (Å²) in [5, 5.41) is 6.86. The number of thiocarbonyl (C=S) groups is 1. The van der Waals surface area contributed by atoms with Crippen molar-refractivity contribution in [1.29, 1.82) is 0 Å². The molecular weight excluding hydrogens is 415 g/mol. The zero-order valence-corrected chi connectivity index (χ0v) is 16.1. The molecule has 0 unspecified atom stereocenters. The van der Waals surface area contributed by atoms with Crippen LogP contribution in [0.4, 0.5) is 18.9 Å². The topological polar surface area (TPSA) is 54.9 Å². The Labute approximate surface area is 169 Å². The highest BCUT2D eigenvalue weighted by Crippen LogP contribution is 2.34. The van der Waals surface area contributed by atoms with Crippen LogP contribution in [0.25, 0.3) is 0 Å². The van der Waals surface area contributed by atoms with Crippen LogP contribution in [0.15, 0.2) is 41.5 Å². The van der Waals surface area contributed by atoms with Gasteiger partial charge in [-0.05, 0) is 55.5 Å². The van der Waals surface area contributed by atoms with Crippen LogP contribution in [0.5, 0.6) is 11.5 Å². The predicted octanol–water partition coefficient (Wildman–Crippen LogP) is 4.84. The highest BCUT2D eigenvalue weighted by atomic mass is 35.5. The van der Waals surface area contributed by atoms with Crippen LogP contribution in [0, 0.1) is 0 Å². The van der Waals surface area contributed by atoms with Gasteiger partial charge in [-0.15, -0.1) is 0 Å². The van der Waals surface area contributed by atoms with Crippen molar-refractivity contribution in [3.8, 4) is 11.5 Å². The Balaban J connectivity index is 1.68. The SMILES string of the molecule is C/C(=N\NC(=S)Nc1cc(C(F)(F)F)ccc1Cl)c1ccc2c(c1)OCCO2. The third-order valence-corrected chi connectivity index (χ3v) is 4.35. The molecule has 2 aromatic carbocycles. The number of nitrogens with zero attached hydrogens (tertiary/aromatic N) is 1. The highest BCUT2D eigenvalue weighted by Gasteiger charge is 2.31. The molecule has 5 nitrogen and oxygen atoms in total. The van der Waals surface area contributed by atoms with Crippen molar-refractivity contribution in [3.63, 3.8) is 0 Å². The van der Waals surface area contributed by atoms with Crippen LogP contribution in [-0.2, 0) is 6.18 Å². The van der Waals surface area contributed by atoms with E-state index in [0.717, 1.165) is 23.8 Å². The molecule has 28 heavy (non-hydrogen) atoms. The number of nitrogens with one attached hydrogen (secondary N) is 2. The fourth-order valence-electron chi connectivity index (χ4n) is 2.42. The summed E-state index contributed by atoms with van der Waals surface area (Å²) in [4.78, 5) is 0. The van der Waals surface area contributed by atoms with E-state index >= 15 is 0 Å². The summed E-state index contributed by atoms with van der Waals surface area (Å²) in [5.41, 5.74) is 3.15. The first-order valence-electron chi connectivity index (χ1n) is 8.12. The van der Waals surface area contributed by atoms with Gasteiger partial charge in [0.05, 0.1) is 22.0 Å². The summed E-state index contributed by atoms with van der Waals surface area (Å²) in [5.74, 6) is 1.28. The minimum atomic E-state index is -4.48. The van der Waals surface area contributed by atoms with Crippen molar-refractivity contribution in [2.24, 2.45) is 5.10 Å². The van der Waals surface area contributed by atoms with Crippen LogP contribution in [0.3, 0.4) is 0 Å². The van der Waals surface area contributed by atoms with Gasteiger partial charge in [-0.2, -0.15) is 18.3 Å². The number of rotatable bonds is 3. The van der Waals surface area contributed by atoms with Gasteiger partial charge in [-0.1, -0.05) is 11.6 Å². The van der Waals surface area contributed by atoms with Crippen molar-refractivity contribution >= 4 is 40.3 Å². The molecule has 0 aliphatic carbocycles. The second-order valence-electron chi connectivity index (χ2n) is 5.81. The molecule has 3 rings (SSSR count). The number of hydrogen-bond donors (Lipinski definition) is 2. The number of halogens is 4. The Morgan fingerprint density at radius 1 is 1.11 bits per heavy atom. The zero-order chi connectivity index (χ0) is 20.3. The van der Waals surface area contributed by atoms with Gasteiger partial charge in [-0.25, -0.2) is 0 Å². The average Bonchev–Trinajstić information content (AvgIpc) is 2.66. The standard InChI is InChI=1S/C18H15ClF3N3O2S/c1-10(11-2-5-15-16(8-11)27-7-6-26-15)24-25-17(28)23-14-9-12(18(20,21)22)3-4-13(14)19/h2-5,8-9H,6-7H2,1H3,(H2,23,25,28)/b24-10+. The first-order chi connectivity index (χ1) is 13.2. The number of ether oxygens (including phenoxy) is 2. The van der Waals surface area contributed by atoms with E-state index in [-0.39, 0.29) is 15.8 Å². The molecule has 0 atom stereocenters. The number of benzene rings is 2. The molecule has 0 spiro atoms. The van der Waals surface area contributed by atoms with Crippen molar-refractivity contribution < 1.29 is 22.6 Å². The molecule has 0 bridgehead atoms. The fraction of sp³-hybridized carbons (Fsp3) is 0.222. The predicted molar refractivity (Wildman–Crippen MR) is 105 cm³/mol. The van der Waals surface area contributed by atoms with Gasteiger partial charge in [0.2, 0.25) is 0 Å². The van der Waals surface area contributed by atoms with Crippen LogP contribution < -0.4 is 20.2 Å². The van der Waals surface area contributed by atoms with E-state index in [4.69, 9.17) is 33.3 Å². The van der Waals surface area contributed by atoms with Crippen molar-refractivity contribution in [1.82, 2.24) is 5.43 Å². The molecule has 1 aliphatic rings. The van der Waals surface area contributed by atoms with Crippen LogP contribution in [-0.4, -0.2) is 24.0 Å². The minimum Gasteiger partial charge on any atom is -0.486 e. The van der Waals surface area contributed by atoms with E-state index in [9.17, 15) is 13.2 Å². The Bertz CT molecular complexity index is 935. The summed E-state index contributed by atoms with van der Waals surface area (Å²) < 4.78 is 49.5. The Kier molecular flexibility index (Phi) is 5.95. The maximum atomic E-state index is 12.8. The van der Waals surface area contributed by atoms with Gasteiger partial charge < -0.3 is 14.8 Å². The summed E-state index contributed by atoms with van der Waals surface area (Å²) in [7, 11) is 0. The lowest BCUT2D eigenvalue weighted by atomic mass is 10.1. The molecule has 2 aromatic rings. The molecule has 2 N–H and O–H groups in total. The molecule has 0 aromatic heterocycles. The molecule has 0 saturated heterocycles. The summed E-state index contributed by atoms with van der Waals surface area (Å²) >= 11 is 11.0. The van der Waals surface area contributed by atoms with E-state index in [1.54, 1.807) is 19.1 Å². The Morgan fingerprint density at radius 2 is 1.82 bits per heavy atom. The average molecular weight is 430 g/mol. The smallest absolute Gasteiger partial charge is 0.416 e. The lowest BCUT2D eigenvalue weighted by Crippen LogP contribution is -2.25. The zero-order valence-electron chi connectivity index (χ0n) is 14.6. The van der Waals surface area contributed by atoms with Gasteiger partial charge in [0.1, 0.15) is 13.2 Å². The maximum Gasteiger partial charge on any atom is 0.416 e. The second-order valence-corrected chi connectivity index (χ2v) is 6.63. The number of anilines is 1. The summed E-state index contributed by atoms with van der Waals surface area (Å²) in [6.45, 7) is 2.72. The first kappa shape index (κ1) is 20.2. The van der Waals surface area contributed by atoms with Crippen molar-refractivity contribution in [3.05, 3.63) is 52.5 Å². The molecule has 0 radical (unpaired) electrons. The van der Waals surface area contributed by atoms with Crippen LogP contribution in [0.1, 0.15) is 18.1 Å². The van der Waals surface area contributed by atoms with Gasteiger partial charge in [0, 0.05) is 5.56 Å². The Hall–Kier alpha value is -2.52. The highest BCUT2D eigenvalue weighted by molar-refractivity contribution is 7.80. The van der Waals surface area contributed by atoms with Crippen molar-refractivity contribution in [2.75, 3.05) is 18.5 Å². The largest absolute Gasteiger partial charge is 0.486 e. The molecule has 1 aliphatic heterocycles. The van der Waals surface area contributed by atoms with Crippen molar-refractivity contribution in [2.45, 2.75) is 13.1 Å². The first-order valence-corrected chi connectivity index (χ1v) is 8.91. The molecule has 0 saturated carbocycles. The maximum absolute atomic E-state index is 12.8. The van der Waals surface area contributed by atoms with E-state index in [2.05, 4.69) is 15.8 Å². The molecule has 0 amide bonds. The number of fused-ring (bicyclic) bond motifs is 1. The molecular formula is C18H15ClF3N3O2S.